The standard InChI is InChI=1S/C15H18FN3O/c1-3-6-20-15-13(17)4-5-14(19-15)18-12-8-10(2)7-11(16)9-12/h4-5,7-9H,3,6,17H2,1-2H3,(H,18,19). The Morgan fingerprint density at radius 2 is 2.10 bits per heavy atom. The minimum absolute atomic E-state index is 0.287. The molecule has 2 aromatic rings. The van der Waals surface area contributed by atoms with Crippen LogP contribution in [-0.2, 0) is 0 Å². The van der Waals surface area contributed by atoms with Crippen LogP contribution in [0.1, 0.15) is 18.9 Å². The Morgan fingerprint density at radius 1 is 1.30 bits per heavy atom. The lowest BCUT2D eigenvalue weighted by Crippen LogP contribution is -2.03. The van der Waals surface area contributed by atoms with Crippen molar-refractivity contribution in [2.24, 2.45) is 0 Å². The molecular formula is C15H18FN3O. The molecule has 3 N–H and O–H groups in total. The number of nitrogens with two attached hydrogens (primary N) is 1. The van der Waals surface area contributed by atoms with Crippen molar-refractivity contribution in [3.8, 4) is 5.88 Å². The van der Waals surface area contributed by atoms with Crippen LogP contribution in [0, 0.1) is 12.7 Å². The summed E-state index contributed by atoms with van der Waals surface area (Å²) in [5.74, 6) is 0.672. The molecule has 0 bridgehead atoms. The van der Waals surface area contributed by atoms with E-state index >= 15 is 0 Å². The lowest BCUT2D eigenvalue weighted by molar-refractivity contribution is 0.307. The molecule has 0 spiro atoms. The second kappa shape index (κ2) is 6.23. The number of pyridine rings is 1. The molecule has 20 heavy (non-hydrogen) atoms. The first-order valence-electron chi connectivity index (χ1n) is 6.52. The summed E-state index contributed by atoms with van der Waals surface area (Å²) in [6.07, 6.45) is 0.877. The molecule has 0 aliphatic carbocycles. The molecule has 0 fully saturated rings. The molecule has 0 radical (unpaired) electrons. The summed E-state index contributed by atoms with van der Waals surface area (Å²) < 4.78 is 18.8. The van der Waals surface area contributed by atoms with Crippen LogP contribution in [-0.4, -0.2) is 11.6 Å². The van der Waals surface area contributed by atoms with E-state index in [0.717, 1.165) is 12.0 Å². The lowest BCUT2D eigenvalue weighted by atomic mass is 10.2. The van der Waals surface area contributed by atoms with Crippen LogP contribution in [0.2, 0.25) is 0 Å². The number of rotatable bonds is 5. The molecular weight excluding hydrogens is 257 g/mol. The predicted octanol–water partition coefficient (Wildman–Crippen LogP) is 3.64. The van der Waals surface area contributed by atoms with E-state index in [2.05, 4.69) is 10.3 Å². The largest absolute Gasteiger partial charge is 0.476 e. The number of nitrogens with one attached hydrogen (secondary N) is 1. The van der Waals surface area contributed by atoms with Gasteiger partial charge in [0.1, 0.15) is 11.6 Å². The van der Waals surface area contributed by atoms with E-state index in [-0.39, 0.29) is 5.82 Å². The Balaban J connectivity index is 2.20. The van der Waals surface area contributed by atoms with Crippen molar-refractivity contribution in [1.29, 1.82) is 0 Å². The number of aromatic nitrogens is 1. The average Bonchev–Trinajstić information content (AvgIpc) is 2.38. The number of aryl methyl sites for hydroxylation is 1. The van der Waals surface area contributed by atoms with Crippen molar-refractivity contribution in [3.05, 3.63) is 41.7 Å². The second-order valence-corrected chi connectivity index (χ2v) is 4.58. The predicted molar refractivity (Wildman–Crippen MR) is 78.9 cm³/mol. The number of halogens is 1. The molecule has 0 saturated carbocycles. The van der Waals surface area contributed by atoms with E-state index in [9.17, 15) is 4.39 Å². The lowest BCUT2D eigenvalue weighted by Gasteiger charge is -2.11. The number of nitrogens with zero attached hydrogens (tertiary/aromatic N) is 1. The summed E-state index contributed by atoms with van der Waals surface area (Å²) >= 11 is 0. The van der Waals surface area contributed by atoms with E-state index in [0.29, 0.717) is 29.7 Å². The van der Waals surface area contributed by atoms with E-state index in [1.54, 1.807) is 12.1 Å². The third-order valence-electron chi connectivity index (χ3n) is 2.65. The van der Waals surface area contributed by atoms with Gasteiger partial charge in [0.2, 0.25) is 5.88 Å². The molecule has 1 heterocycles. The van der Waals surface area contributed by atoms with Crippen molar-refractivity contribution in [3.63, 3.8) is 0 Å². The molecule has 0 atom stereocenters. The molecule has 5 heteroatoms. The van der Waals surface area contributed by atoms with Crippen LogP contribution in [0.25, 0.3) is 0 Å². The van der Waals surface area contributed by atoms with Crippen LogP contribution < -0.4 is 15.8 Å². The number of hydrogen-bond donors (Lipinski definition) is 2. The Kier molecular flexibility index (Phi) is 4.40. The van der Waals surface area contributed by atoms with E-state index in [1.807, 2.05) is 19.9 Å². The number of hydrogen-bond acceptors (Lipinski definition) is 4. The van der Waals surface area contributed by atoms with Crippen LogP contribution in [0.5, 0.6) is 5.88 Å². The number of benzene rings is 1. The molecule has 0 aliphatic rings. The first kappa shape index (κ1) is 14.1. The van der Waals surface area contributed by atoms with Gasteiger partial charge in [-0.25, -0.2) is 4.39 Å². The second-order valence-electron chi connectivity index (χ2n) is 4.58. The van der Waals surface area contributed by atoms with Gasteiger partial charge in [-0.1, -0.05) is 6.92 Å². The van der Waals surface area contributed by atoms with Crippen molar-refractivity contribution in [2.75, 3.05) is 17.7 Å². The average molecular weight is 275 g/mol. The van der Waals surface area contributed by atoms with Crippen molar-refractivity contribution < 1.29 is 9.13 Å². The van der Waals surface area contributed by atoms with Gasteiger partial charge in [0.05, 0.1) is 12.3 Å². The number of anilines is 3. The van der Waals surface area contributed by atoms with Crippen molar-refractivity contribution in [1.82, 2.24) is 4.98 Å². The van der Waals surface area contributed by atoms with Crippen LogP contribution in [0.3, 0.4) is 0 Å². The van der Waals surface area contributed by atoms with Gasteiger partial charge < -0.3 is 15.8 Å². The van der Waals surface area contributed by atoms with Gasteiger partial charge in [0, 0.05) is 5.69 Å². The Labute approximate surface area is 117 Å². The number of nitrogen functional groups attached to an aromatic ring is 1. The zero-order valence-electron chi connectivity index (χ0n) is 11.6. The zero-order chi connectivity index (χ0) is 14.5. The smallest absolute Gasteiger partial charge is 0.239 e. The highest BCUT2D eigenvalue weighted by Crippen LogP contribution is 2.24. The zero-order valence-corrected chi connectivity index (χ0v) is 11.6. The highest BCUT2D eigenvalue weighted by atomic mass is 19.1. The van der Waals surface area contributed by atoms with Gasteiger partial charge in [-0.05, 0) is 49.2 Å². The normalized spacial score (nSPS) is 10.3. The maximum Gasteiger partial charge on any atom is 0.239 e. The quantitative estimate of drug-likeness (QED) is 0.874. The van der Waals surface area contributed by atoms with Crippen LogP contribution in [0.15, 0.2) is 30.3 Å². The van der Waals surface area contributed by atoms with Crippen molar-refractivity contribution >= 4 is 17.2 Å². The summed E-state index contributed by atoms with van der Waals surface area (Å²) in [5.41, 5.74) is 7.76. The number of ether oxygens (including phenoxy) is 1. The molecule has 2 rings (SSSR count). The van der Waals surface area contributed by atoms with Gasteiger partial charge in [-0.2, -0.15) is 4.98 Å². The molecule has 106 valence electrons. The molecule has 4 nitrogen and oxygen atoms in total. The van der Waals surface area contributed by atoms with Gasteiger partial charge in [0.25, 0.3) is 0 Å². The minimum Gasteiger partial charge on any atom is -0.476 e. The van der Waals surface area contributed by atoms with Gasteiger partial charge in [-0.3, -0.25) is 0 Å². The first-order chi connectivity index (χ1) is 9.58. The Hall–Kier alpha value is -2.30. The summed E-state index contributed by atoms with van der Waals surface area (Å²) in [6.45, 7) is 4.40. The first-order valence-corrected chi connectivity index (χ1v) is 6.52. The maximum absolute atomic E-state index is 13.3. The highest BCUT2D eigenvalue weighted by molar-refractivity contribution is 5.61. The van der Waals surface area contributed by atoms with Gasteiger partial charge in [-0.15, -0.1) is 0 Å². The SMILES string of the molecule is CCCOc1nc(Nc2cc(C)cc(F)c2)ccc1N. The Morgan fingerprint density at radius 3 is 2.80 bits per heavy atom. The third kappa shape index (κ3) is 3.60. The fraction of sp³-hybridized carbons (Fsp3) is 0.267. The summed E-state index contributed by atoms with van der Waals surface area (Å²) in [7, 11) is 0. The van der Waals surface area contributed by atoms with Crippen molar-refractivity contribution in [2.45, 2.75) is 20.3 Å². The fourth-order valence-corrected chi connectivity index (χ4v) is 1.79. The molecule has 1 aromatic carbocycles. The van der Waals surface area contributed by atoms with Gasteiger partial charge >= 0.3 is 0 Å². The molecule has 0 amide bonds. The van der Waals surface area contributed by atoms with E-state index < -0.39 is 0 Å². The topological polar surface area (TPSA) is 60.2 Å². The molecule has 0 aliphatic heterocycles. The summed E-state index contributed by atoms with van der Waals surface area (Å²) in [6, 6.07) is 8.17. The third-order valence-corrected chi connectivity index (χ3v) is 2.65. The Bertz CT molecular complexity index is 581. The van der Waals surface area contributed by atoms with E-state index in [4.69, 9.17) is 10.5 Å². The molecule has 0 saturated heterocycles. The van der Waals surface area contributed by atoms with Crippen LogP contribution in [0.4, 0.5) is 21.6 Å². The van der Waals surface area contributed by atoms with E-state index in [1.165, 1.54) is 12.1 Å². The maximum atomic E-state index is 13.3. The highest BCUT2D eigenvalue weighted by Gasteiger charge is 2.05. The van der Waals surface area contributed by atoms with Gasteiger partial charge in [0.15, 0.2) is 0 Å². The van der Waals surface area contributed by atoms with Crippen LogP contribution >= 0.6 is 0 Å². The summed E-state index contributed by atoms with van der Waals surface area (Å²) in [5, 5.41) is 3.04. The monoisotopic (exact) mass is 275 g/mol. The molecule has 1 aromatic heterocycles. The molecule has 0 unspecified atom stereocenters. The fourth-order valence-electron chi connectivity index (χ4n) is 1.79. The summed E-state index contributed by atoms with van der Waals surface area (Å²) in [4.78, 5) is 4.28. The minimum atomic E-state index is -0.287.